The summed E-state index contributed by atoms with van der Waals surface area (Å²) in [4.78, 5) is 10.7. The number of carbonyl (C=O) groups is 1. The molecule has 21 heavy (non-hydrogen) atoms. The first-order valence-corrected chi connectivity index (χ1v) is 7.34. The predicted molar refractivity (Wildman–Crippen MR) is 78.1 cm³/mol. The van der Waals surface area contributed by atoms with Crippen molar-refractivity contribution in [3.63, 3.8) is 0 Å². The molecule has 0 fully saturated rings. The summed E-state index contributed by atoms with van der Waals surface area (Å²) in [5.41, 5.74) is 0.540. The van der Waals surface area contributed by atoms with Crippen molar-refractivity contribution in [1.82, 2.24) is 0 Å². The highest BCUT2D eigenvalue weighted by Crippen LogP contribution is 2.38. The van der Waals surface area contributed by atoms with E-state index in [2.05, 4.69) is 0 Å². The monoisotopic (exact) mass is 314 g/mol. The Morgan fingerprint density at radius 1 is 1.33 bits per heavy atom. The van der Waals surface area contributed by atoms with E-state index in [0.29, 0.717) is 41.7 Å². The number of fused-ring (bicyclic) bond motifs is 1. The lowest BCUT2D eigenvalue weighted by Gasteiger charge is -2.18. The second-order valence-electron chi connectivity index (χ2n) is 5.33. The first-order valence-electron chi connectivity index (χ1n) is 6.96. The Balaban J connectivity index is 2.15. The number of ether oxygens (including phenoxy) is 2. The number of carboxylic acid groups (broad SMARTS) is 1. The number of hydrogen-bond acceptors (Lipinski definition) is 4. The molecule has 0 spiro atoms. The van der Waals surface area contributed by atoms with E-state index in [0.717, 1.165) is 6.42 Å². The normalized spacial score (nSPS) is 16.9. The first kappa shape index (κ1) is 15.9. The highest BCUT2D eigenvalue weighted by molar-refractivity contribution is 6.31. The highest BCUT2D eigenvalue weighted by Gasteiger charge is 2.21. The minimum absolute atomic E-state index is 0.0131. The molecule has 0 amide bonds. The fraction of sp³-hybridized carbons (Fsp3) is 0.533. The van der Waals surface area contributed by atoms with Gasteiger partial charge in [0.25, 0.3) is 0 Å². The molecule has 0 bridgehead atoms. The van der Waals surface area contributed by atoms with Crippen LogP contribution in [-0.2, 0) is 4.79 Å². The van der Waals surface area contributed by atoms with Crippen LogP contribution in [0.2, 0.25) is 5.02 Å². The van der Waals surface area contributed by atoms with Crippen molar-refractivity contribution in [2.24, 2.45) is 5.92 Å². The number of aliphatic hydroxyl groups excluding tert-OH is 1. The van der Waals surface area contributed by atoms with Gasteiger partial charge in [-0.1, -0.05) is 18.5 Å². The Morgan fingerprint density at radius 3 is 2.57 bits per heavy atom. The van der Waals surface area contributed by atoms with E-state index in [1.54, 1.807) is 19.1 Å². The molecule has 0 radical (unpaired) electrons. The highest BCUT2D eigenvalue weighted by atomic mass is 35.5. The maximum Gasteiger partial charge on any atom is 0.303 e. The van der Waals surface area contributed by atoms with Gasteiger partial charge in [0, 0.05) is 24.5 Å². The van der Waals surface area contributed by atoms with Gasteiger partial charge in [-0.2, -0.15) is 0 Å². The molecule has 1 aromatic carbocycles. The number of hydrogen-bond donors (Lipinski definition) is 2. The van der Waals surface area contributed by atoms with E-state index in [1.807, 2.05) is 0 Å². The van der Waals surface area contributed by atoms with Gasteiger partial charge in [-0.05, 0) is 18.4 Å². The lowest BCUT2D eigenvalue weighted by molar-refractivity contribution is -0.138. The zero-order valence-electron chi connectivity index (χ0n) is 11.8. The van der Waals surface area contributed by atoms with E-state index in [9.17, 15) is 9.90 Å². The molecule has 2 atom stereocenters. The van der Waals surface area contributed by atoms with E-state index >= 15 is 0 Å². The summed E-state index contributed by atoms with van der Waals surface area (Å²) < 4.78 is 11.1. The minimum atomic E-state index is -0.876. The third-order valence-corrected chi connectivity index (χ3v) is 3.70. The molecule has 0 saturated carbocycles. The first-order chi connectivity index (χ1) is 9.97. The average Bonchev–Trinajstić information content (AvgIpc) is 2.61. The van der Waals surface area contributed by atoms with Gasteiger partial charge in [0.15, 0.2) is 11.5 Å². The van der Waals surface area contributed by atoms with Crippen molar-refractivity contribution in [3.05, 3.63) is 22.7 Å². The van der Waals surface area contributed by atoms with Crippen LogP contribution in [0.25, 0.3) is 0 Å². The average molecular weight is 315 g/mol. The summed E-state index contributed by atoms with van der Waals surface area (Å²) in [6, 6.07) is 3.32. The number of benzene rings is 1. The Kier molecular flexibility index (Phi) is 5.31. The van der Waals surface area contributed by atoms with Crippen LogP contribution in [0.15, 0.2) is 12.1 Å². The lowest BCUT2D eigenvalue weighted by Crippen LogP contribution is -2.10. The SMILES string of the molecule is CC(CC(=O)O)CC(O)c1cc2c(cc1Cl)OCCCO2. The van der Waals surface area contributed by atoms with Gasteiger partial charge < -0.3 is 19.7 Å². The summed E-state index contributed by atoms with van der Waals surface area (Å²) in [6.45, 7) is 2.91. The van der Waals surface area contributed by atoms with E-state index in [-0.39, 0.29) is 12.3 Å². The number of aliphatic carboxylic acids is 1. The molecule has 0 aliphatic carbocycles. The van der Waals surface area contributed by atoms with Gasteiger partial charge in [-0.15, -0.1) is 0 Å². The topological polar surface area (TPSA) is 76.0 Å². The quantitative estimate of drug-likeness (QED) is 0.873. The number of carboxylic acids is 1. The zero-order chi connectivity index (χ0) is 15.4. The Bertz CT molecular complexity index is 517. The molecule has 116 valence electrons. The standard InChI is InChI=1S/C15H19ClO5/c1-9(6-15(18)19)5-12(17)10-7-13-14(8-11(10)16)21-4-2-3-20-13/h7-9,12,17H,2-6H2,1H3,(H,18,19). The maximum absolute atomic E-state index is 10.7. The van der Waals surface area contributed by atoms with Gasteiger partial charge in [0.05, 0.1) is 24.3 Å². The van der Waals surface area contributed by atoms with Crippen molar-refractivity contribution >= 4 is 17.6 Å². The molecule has 5 nitrogen and oxygen atoms in total. The smallest absolute Gasteiger partial charge is 0.303 e. The molecule has 1 heterocycles. The molecule has 2 rings (SSSR count). The fourth-order valence-corrected chi connectivity index (χ4v) is 2.62. The summed E-state index contributed by atoms with van der Waals surface area (Å²) in [7, 11) is 0. The van der Waals surface area contributed by atoms with Crippen LogP contribution in [0.1, 0.15) is 37.9 Å². The Labute approximate surface area is 128 Å². The van der Waals surface area contributed by atoms with Crippen LogP contribution in [0.5, 0.6) is 11.5 Å². The van der Waals surface area contributed by atoms with Gasteiger partial charge >= 0.3 is 5.97 Å². The Morgan fingerprint density at radius 2 is 1.95 bits per heavy atom. The molecule has 0 aromatic heterocycles. The van der Waals surface area contributed by atoms with Gasteiger partial charge in [0.2, 0.25) is 0 Å². The number of halogens is 1. The lowest BCUT2D eigenvalue weighted by atomic mass is 9.95. The van der Waals surface area contributed by atoms with Crippen LogP contribution >= 0.6 is 11.6 Å². The van der Waals surface area contributed by atoms with Crippen molar-refractivity contribution in [2.75, 3.05) is 13.2 Å². The molecule has 2 unspecified atom stereocenters. The van der Waals surface area contributed by atoms with Gasteiger partial charge in [0.1, 0.15) is 0 Å². The minimum Gasteiger partial charge on any atom is -0.490 e. The fourth-order valence-electron chi connectivity index (χ4n) is 2.34. The molecule has 0 saturated heterocycles. The summed E-state index contributed by atoms with van der Waals surface area (Å²) in [6.07, 6.45) is 0.300. The number of aliphatic hydroxyl groups is 1. The molecule has 2 N–H and O–H groups in total. The maximum atomic E-state index is 10.7. The van der Waals surface area contributed by atoms with Crippen LogP contribution in [0.4, 0.5) is 0 Å². The largest absolute Gasteiger partial charge is 0.490 e. The summed E-state index contributed by atoms with van der Waals surface area (Å²) in [5, 5.41) is 19.4. The predicted octanol–water partition coefficient (Wildman–Crippen LogP) is 3.04. The molecule has 1 aromatic rings. The van der Waals surface area contributed by atoms with Crippen LogP contribution < -0.4 is 9.47 Å². The Hall–Kier alpha value is -1.46. The molecular weight excluding hydrogens is 296 g/mol. The summed E-state index contributed by atoms with van der Waals surface area (Å²) in [5.74, 6) is 0.118. The van der Waals surface area contributed by atoms with Crippen LogP contribution in [0, 0.1) is 5.92 Å². The van der Waals surface area contributed by atoms with Gasteiger partial charge in [-0.3, -0.25) is 4.79 Å². The second kappa shape index (κ2) is 7.00. The van der Waals surface area contributed by atoms with E-state index in [1.165, 1.54) is 0 Å². The molecule has 6 heteroatoms. The van der Waals surface area contributed by atoms with Crippen molar-refractivity contribution < 1.29 is 24.5 Å². The van der Waals surface area contributed by atoms with Crippen molar-refractivity contribution in [3.8, 4) is 11.5 Å². The van der Waals surface area contributed by atoms with Crippen LogP contribution in [0.3, 0.4) is 0 Å². The second-order valence-corrected chi connectivity index (χ2v) is 5.73. The van der Waals surface area contributed by atoms with E-state index in [4.69, 9.17) is 26.2 Å². The number of rotatable bonds is 5. The third kappa shape index (κ3) is 4.25. The van der Waals surface area contributed by atoms with Crippen molar-refractivity contribution in [2.45, 2.75) is 32.3 Å². The van der Waals surface area contributed by atoms with Crippen molar-refractivity contribution in [1.29, 1.82) is 0 Å². The van der Waals surface area contributed by atoms with Gasteiger partial charge in [-0.25, -0.2) is 0 Å². The third-order valence-electron chi connectivity index (χ3n) is 3.37. The summed E-state index contributed by atoms with van der Waals surface area (Å²) >= 11 is 6.19. The molecule has 1 aliphatic rings. The van der Waals surface area contributed by atoms with Crippen LogP contribution in [-0.4, -0.2) is 29.4 Å². The zero-order valence-corrected chi connectivity index (χ0v) is 12.6. The molecule has 1 aliphatic heterocycles. The molecular formula is C15H19ClO5. The van der Waals surface area contributed by atoms with E-state index < -0.39 is 12.1 Å².